The number of fused-ring (bicyclic) bond motifs is 2. The molecule has 3 aromatic rings. The predicted molar refractivity (Wildman–Crippen MR) is 167 cm³/mol. The van der Waals surface area contributed by atoms with E-state index >= 15 is 0 Å². The zero-order chi connectivity index (χ0) is 30.7. The van der Waals surface area contributed by atoms with Gasteiger partial charge >= 0.3 is 0 Å². The van der Waals surface area contributed by atoms with Crippen LogP contribution in [0.15, 0.2) is 66.5 Å². The van der Waals surface area contributed by atoms with Crippen molar-refractivity contribution in [2.24, 2.45) is 0 Å². The third-order valence-electron chi connectivity index (χ3n) is 10.0. The van der Waals surface area contributed by atoms with Gasteiger partial charge in [0.1, 0.15) is 5.75 Å². The monoisotopic (exact) mass is 594 g/mol. The second-order valence-electron chi connectivity index (χ2n) is 12.5. The molecular weight excluding hydrogens is 556 g/mol. The summed E-state index contributed by atoms with van der Waals surface area (Å²) in [5.41, 5.74) is 5.90. The van der Waals surface area contributed by atoms with Crippen LogP contribution in [0.1, 0.15) is 51.9 Å². The smallest absolute Gasteiger partial charge is 0.220 e. The Labute approximate surface area is 257 Å². The normalized spacial score (nSPS) is 24.2. The van der Waals surface area contributed by atoms with E-state index in [-0.39, 0.29) is 35.1 Å². The van der Waals surface area contributed by atoms with Gasteiger partial charge in [0.25, 0.3) is 0 Å². The van der Waals surface area contributed by atoms with E-state index in [2.05, 4.69) is 23.9 Å². The molecule has 3 atom stereocenters. The number of nitrogens with zero attached hydrogens (tertiary/aromatic N) is 2. The number of benzene rings is 3. The Kier molecular flexibility index (Phi) is 6.94. The highest BCUT2D eigenvalue weighted by Crippen LogP contribution is 2.58. The summed E-state index contributed by atoms with van der Waals surface area (Å²) in [5.74, 6) is 1.88. The van der Waals surface area contributed by atoms with E-state index in [0.717, 1.165) is 60.2 Å². The van der Waals surface area contributed by atoms with Crippen LogP contribution >= 0.6 is 0 Å². The molecule has 0 saturated carbocycles. The quantitative estimate of drug-likeness (QED) is 0.405. The molecule has 3 aromatic carbocycles. The lowest BCUT2D eigenvalue weighted by Gasteiger charge is -2.35. The SMILES string of the molecule is COc1cc2c(cc1O)CCN(C)C2Cc1ccc(OC2=CC3(C=CC2=O)CC2c4c(cc(OC)c(O)c43)CCN2C)cc1. The van der Waals surface area contributed by atoms with Gasteiger partial charge in [-0.05, 0) is 110 Å². The Balaban J connectivity index is 1.16. The molecule has 0 aromatic heterocycles. The highest BCUT2D eigenvalue weighted by atomic mass is 16.5. The zero-order valence-corrected chi connectivity index (χ0v) is 25.6. The van der Waals surface area contributed by atoms with Gasteiger partial charge in [-0.25, -0.2) is 0 Å². The first kappa shape index (κ1) is 28.5. The molecule has 8 heteroatoms. The third-order valence-corrected chi connectivity index (χ3v) is 10.0. The largest absolute Gasteiger partial charge is 0.504 e. The lowest BCUT2D eigenvalue weighted by atomic mass is 9.77. The van der Waals surface area contributed by atoms with Gasteiger partial charge in [-0.2, -0.15) is 0 Å². The maximum absolute atomic E-state index is 13.1. The molecule has 0 amide bonds. The fraction of sp³-hybridized carbons (Fsp3) is 0.361. The highest BCUT2D eigenvalue weighted by molar-refractivity contribution is 6.04. The number of hydrogen-bond acceptors (Lipinski definition) is 8. The van der Waals surface area contributed by atoms with Crippen LogP contribution < -0.4 is 14.2 Å². The van der Waals surface area contributed by atoms with Gasteiger partial charge in [-0.3, -0.25) is 14.6 Å². The minimum absolute atomic E-state index is 0.130. The Hall–Kier alpha value is -4.27. The van der Waals surface area contributed by atoms with Crippen molar-refractivity contribution in [3.8, 4) is 28.7 Å². The molecule has 4 aliphatic rings. The van der Waals surface area contributed by atoms with Crippen molar-refractivity contribution in [1.29, 1.82) is 0 Å². The minimum Gasteiger partial charge on any atom is -0.504 e. The molecular formula is C36H38N2O6. The molecule has 0 bridgehead atoms. The number of carbonyl (C=O) groups excluding carboxylic acids is 1. The van der Waals surface area contributed by atoms with Crippen LogP contribution in [0.25, 0.3) is 0 Å². The lowest BCUT2D eigenvalue weighted by molar-refractivity contribution is -0.113. The average Bonchev–Trinajstić information content (AvgIpc) is 3.36. The van der Waals surface area contributed by atoms with Crippen molar-refractivity contribution < 1.29 is 29.2 Å². The number of hydrogen-bond donors (Lipinski definition) is 2. The van der Waals surface area contributed by atoms with Crippen LogP contribution in [-0.4, -0.2) is 67.2 Å². The standard InChI is InChI=1S/C36H38N2O6/c1-37-13-10-22-16-29(40)30(42-3)18-25(22)26(37)15-21-5-7-24(8-6-21)44-32-20-36(12-9-28(32)39)19-27-33-23(11-14-38(27)2)17-31(43-4)35(41)34(33)36/h5-9,12,16-18,20,26-27,40-41H,10-11,13-15,19H2,1-4H3. The number of aromatic hydroxyl groups is 2. The molecule has 0 radical (unpaired) electrons. The molecule has 2 aliphatic heterocycles. The summed E-state index contributed by atoms with van der Waals surface area (Å²) in [5, 5.41) is 21.6. The van der Waals surface area contributed by atoms with E-state index < -0.39 is 5.41 Å². The lowest BCUT2D eigenvalue weighted by Crippen LogP contribution is -2.33. The van der Waals surface area contributed by atoms with E-state index in [9.17, 15) is 15.0 Å². The fourth-order valence-electron chi connectivity index (χ4n) is 7.62. The fourth-order valence-corrected chi connectivity index (χ4v) is 7.62. The van der Waals surface area contributed by atoms with Crippen LogP contribution in [0.5, 0.6) is 28.7 Å². The average molecular weight is 595 g/mol. The maximum Gasteiger partial charge on any atom is 0.220 e. The Morgan fingerprint density at radius 1 is 0.932 bits per heavy atom. The number of methoxy groups -OCH3 is 2. The van der Waals surface area contributed by atoms with E-state index in [4.69, 9.17) is 14.2 Å². The summed E-state index contributed by atoms with van der Waals surface area (Å²) in [6.07, 6.45) is 8.62. The second-order valence-corrected chi connectivity index (χ2v) is 12.5. The number of ketones is 1. The van der Waals surface area contributed by atoms with E-state index in [1.165, 1.54) is 5.56 Å². The van der Waals surface area contributed by atoms with Crippen molar-refractivity contribution in [3.63, 3.8) is 0 Å². The molecule has 1 spiro atoms. The Morgan fingerprint density at radius 3 is 2.41 bits per heavy atom. The first-order chi connectivity index (χ1) is 21.2. The highest BCUT2D eigenvalue weighted by Gasteiger charge is 2.49. The molecule has 228 valence electrons. The number of rotatable bonds is 6. The van der Waals surface area contributed by atoms with Gasteiger partial charge in [0.05, 0.1) is 14.2 Å². The summed E-state index contributed by atoms with van der Waals surface area (Å²) in [6.45, 7) is 1.82. The van der Waals surface area contributed by atoms with Crippen molar-refractivity contribution in [2.75, 3.05) is 41.4 Å². The summed E-state index contributed by atoms with van der Waals surface area (Å²) in [4.78, 5) is 17.8. The molecule has 0 fully saturated rings. The summed E-state index contributed by atoms with van der Waals surface area (Å²) < 4.78 is 17.2. The number of ether oxygens (including phenoxy) is 3. The predicted octanol–water partition coefficient (Wildman–Crippen LogP) is 5.16. The number of phenolic OH excluding ortho intramolecular Hbond substituents is 2. The first-order valence-corrected chi connectivity index (χ1v) is 15.2. The van der Waals surface area contributed by atoms with E-state index in [0.29, 0.717) is 23.7 Å². The number of carbonyl (C=O) groups is 1. The van der Waals surface area contributed by atoms with Crippen LogP contribution in [0.3, 0.4) is 0 Å². The van der Waals surface area contributed by atoms with Gasteiger partial charge in [0.15, 0.2) is 28.8 Å². The maximum atomic E-state index is 13.1. The van der Waals surface area contributed by atoms with Crippen LogP contribution in [-0.2, 0) is 29.5 Å². The van der Waals surface area contributed by atoms with Crippen LogP contribution in [0.4, 0.5) is 0 Å². The molecule has 3 unspecified atom stereocenters. The molecule has 44 heavy (non-hydrogen) atoms. The topological polar surface area (TPSA) is 91.7 Å². The zero-order valence-electron chi connectivity index (χ0n) is 25.6. The van der Waals surface area contributed by atoms with Crippen molar-refractivity contribution in [1.82, 2.24) is 9.80 Å². The molecule has 2 heterocycles. The van der Waals surface area contributed by atoms with Crippen LogP contribution in [0, 0.1) is 0 Å². The van der Waals surface area contributed by atoms with Crippen molar-refractivity contribution >= 4 is 5.78 Å². The number of likely N-dealkylation sites (N-methyl/N-ethyl adjacent to an activating group) is 2. The molecule has 2 aliphatic carbocycles. The Bertz CT molecular complexity index is 1710. The van der Waals surface area contributed by atoms with Gasteiger partial charge < -0.3 is 24.4 Å². The van der Waals surface area contributed by atoms with Crippen molar-refractivity contribution in [3.05, 3.63) is 99.8 Å². The third kappa shape index (κ3) is 4.55. The van der Waals surface area contributed by atoms with E-state index in [1.807, 2.05) is 54.6 Å². The minimum atomic E-state index is -0.677. The summed E-state index contributed by atoms with van der Waals surface area (Å²) in [7, 11) is 7.38. The molecule has 7 rings (SSSR count). The number of allylic oxidation sites excluding steroid dienone is 3. The van der Waals surface area contributed by atoms with E-state index in [1.54, 1.807) is 20.3 Å². The summed E-state index contributed by atoms with van der Waals surface area (Å²) >= 11 is 0. The second kappa shape index (κ2) is 10.7. The van der Waals surface area contributed by atoms with Gasteiger partial charge in [-0.1, -0.05) is 18.2 Å². The molecule has 8 nitrogen and oxygen atoms in total. The van der Waals surface area contributed by atoms with Gasteiger partial charge in [0.2, 0.25) is 5.78 Å². The first-order valence-electron chi connectivity index (χ1n) is 15.2. The summed E-state index contributed by atoms with van der Waals surface area (Å²) in [6, 6.07) is 13.9. The van der Waals surface area contributed by atoms with Crippen LogP contribution in [0.2, 0.25) is 0 Å². The number of phenols is 2. The molecule has 0 saturated heterocycles. The van der Waals surface area contributed by atoms with Crippen molar-refractivity contribution in [2.45, 2.75) is 43.2 Å². The molecule has 2 N–H and O–H groups in total. The van der Waals surface area contributed by atoms with Gasteiger partial charge in [0, 0.05) is 36.2 Å². The van der Waals surface area contributed by atoms with Gasteiger partial charge in [-0.15, -0.1) is 0 Å². The Morgan fingerprint density at radius 2 is 1.66 bits per heavy atom.